The third-order valence-electron chi connectivity index (χ3n) is 5.58. The Morgan fingerprint density at radius 1 is 1.06 bits per heavy atom. The lowest BCUT2D eigenvalue weighted by atomic mass is 10.1. The van der Waals surface area contributed by atoms with E-state index in [0.29, 0.717) is 37.1 Å². The third kappa shape index (κ3) is 5.11. The van der Waals surface area contributed by atoms with Crippen molar-refractivity contribution < 1.29 is 4.79 Å². The fraction of sp³-hybridized carbons (Fsp3) is 0.280. The Bertz CT molecular complexity index is 1260. The number of aryl methyl sites for hydroxylation is 2. The number of carbonyl (C=O) groups excluding carboxylic acids is 1. The molecular weight excluding hydrogens is 402 g/mol. The lowest BCUT2D eigenvalue weighted by Crippen LogP contribution is -2.27. The summed E-state index contributed by atoms with van der Waals surface area (Å²) in [6.45, 7) is 3.40. The molecule has 7 heteroatoms. The summed E-state index contributed by atoms with van der Waals surface area (Å²) < 4.78 is 3.27. The van der Waals surface area contributed by atoms with Crippen molar-refractivity contribution in [3.05, 3.63) is 94.2 Å². The first-order valence-electron chi connectivity index (χ1n) is 10.9. The van der Waals surface area contributed by atoms with Crippen LogP contribution in [0.4, 0.5) is 0 Å². The molecule has 0 saturated heterocycles. The van der Waals surface area contributed by atoms with Crippen LogP contribution in [0.1, 0.15) is 29.5 Å². The summed E-state index contributed by atoms with van der Waals surface area (Å²) in [5.41, 5.74) is 3.87. The lowest BCUT2D eigenvalue weighted by molar-refractivity contribution is -0.121. The summed E-state index contributed by atoms with van der Waals surface area (Å²) in [6.07, 6.45) is 5.30. The predicted octanol–water partition coefficient (Wildman–Crippen LogP) is 3.09. The highest BCUT2D eigenvalue weighted by atomic mass is 16.1. The van der Waals surface area contributed by atoms with Gasteiger partial charge in [0.25, 0.3) is 5.56 Å². The number of nitrogens with zero attached hydrogens (tertiary/aromatic N) is 4. The van der Waals surface area contributed by atoms with Crippen molar-refractivity contribution >= 4 is 16.9 Å². The molecule has 0 radical (unpaired) electrons. The van der Waals surface area contributed by atoms with E-state index >= 15 is 0 Å². The van der Waals surface area contributed by atoms with E-state index in [1.165, 1.54) is 5.56 Å². The summed E-state index contributed by atoms with van der Waals surface area (Å²) in [7, 11) is 0. The van der Waals surface area contributed by atoms with Gasteiger partial charge in [0.2, 0.25) is 5.91 Å². The molecule has 4 aromatic rings. The molecule has 0 aliphatic carbocycles. The summed E-state index contributed by atoms with van der Waals surface area (Å²) in [5, 5.41) is 7.72. The topological polar surface area (TPSA) is 81.8 Å². The van der Waals surface area contributed by atoms with Gasteiger partial charge in [-0.3, -0.25) is 14.2 Å². The number of benzene rings is 2. The van der Waals surface area contributed by atoms with Gasteiger partial charge in [0, 0.05) is 13.0 Å². The number of nitrogens with one attached hydrogen (secondary N) is 1. The van der Waals surface area contributed by atoms with Crippen molar-refractivity contribution in [1.82, 2.24) is 24.6 Å². The predicted molar refractivity (Wildman–Crippen MR) is 124 cm³/mol. The normalized spacial score (nSPS) is 11.0. The van der Waals surface area contributed by atoms with Crippen molar-refractivity contribution in [1.29, 1.82) is 0 Å². The fourth-order valence-electron chi connectivity index (χ4n) is 3.73. The molecule has 0 fully saturated rings. The maximum atomic E-state index is 12.9. The van der Waals surface area contributed by atoms with Crippen LogP contribution in [0, 0.1) is 6.92 Å². The van der Waals surface area contributed by atoms with Crippen LogP contribution >= 0.6 is 0 Å². The number of rotatable bonds is 9. The number of carbonyl (C=O) groups is 1. The molecular formula is C25H27N5O2. The van der Waals surface area contributed by atoms with E-state index < -0.39 is 0 Å². The van der Waals surface area contributed by atoms with E-state index in [1.54, 1.807) is 21.8 Å². The smallest absolute Gasteiger partial charge is 0.264 e. The first-order chi connectivity index (χ1) is 15.6. The van der Waals surface area contributed by atoms with Crippen molar-refractivity contribution in [3.63, 3.8) is 0 Å². The molecule has 4 rings (SSSR count). The van der Waals surface area contributed by atoms with Gasteiger partial charge in [-0.15, -0.1) is 0 Å². The van der Waals surface area contributed by atoms with Gasteiger partial charge in [0.15, 0.2) is 5.65 Å². The van der Waals surface area contributed by atoms with E-state index in [-0.39, 0.29) is 11.5 Å². The zero-order valence-corrected chi connectivity index (χ0v) is 18.2. The quantitative estimate of drug-likeness (QED) is 0.443. The van der Waals surface area contributed by atoms with Gasteiger partial charge in [-0.25, -0.2) is 9.67 Å². The largest absolute Gasteiger partial charge is 0.354 e. The monoisotopic (exact) mass is 429 g/mol. The number of fused-ring (bicyclic) bond motifs is 1. The number of hydrogen-bond donors (Lipinski definition) is 1. The lowest BCUT2D eigenvalue weighted by Gasteiger charge is -2.09. The van der Waals surface area contributed by atoms with Crippen LogP contribution in [-0.4, -0.2) is 31.8 Å². The van der Waals surface area contributed by atoms with Crippen LogP contribution < -0.4 is 10.9 Å². The Morgan fingerprint density at radius 2 is 1.84 bits per heavy atom. The second kappa shape index (κ2) is 10.0. The fourth-order valence-corrected chi connectivity index (χ4v) is 3.73. The Labute approximate surface area is 186 Å². The molecule has 0 bridgehead atoms. The highest BCUT2D eigenvalue weighted by Crippen LogP contribution is 2.10. The van der Waals surface area contributed by atoms with Crippen molar-refractivity contribution in [2.24, 2.45) is 0 Å². The zero-order chi connectivity index (χ0) is 22.3. The Morgan fingerprint density at radius 3 is 2.66 bits per heavy atom. The molecule has 0 spiro atoms. The SMILES string of the molecule is Cc1ccccc1Cn1cnc2c(cnn2CCNC(=O)CCCc2ccccc2)c1=O. The van der Waals surface area contributed by atoms with Gasteiger partial charge in [-0.2, -0.15) is 5.10 Å². The zero-order valence-electron chi connectivity index (χ0n) is 18.2. The van der Waals surface area contributed by atoms with Crippen LogP contribution in [0.2, 0.25) is 0 Å². The molecule has 1 N–H and O–H groups in total. The average Bonchev–Trinajstić information content (AvgIpc) is 3.21. The van der Waals surface area contributed by atoms with E-state index in [9.17, 15) is 9.59 Å². The molecule has 164 valence electrons. The average molecular weight is 430 g/mol. The van der Waals surface area contributed by atoms with Gasteiger partial charge >= 0.3 is 0 Å². The first kappa shape index (κ1) is 21.5. The minimum Gasteiger partial charge on any atom is -0.354 e. The van der Waals surface area contributed by atoms with E-state index in [1.807, 2.05) is 49.4 Å². The summed E-state index contributed by atoms with van der Waals surface area (Å²) in [6, 6.07) is 18.1. The molecule has 32 heavy (non-hydrogen) atoms. The Kier molecular flexibility index (Phi) is 6.75. The number of aromatic nitrogens is 4. The van der Waals surface area contributed by atoms with Crippen LogP contribution in [0.15, 0.2) is 71.9 Å². The van der Waals surface area contributed by atoms with Gasteiger partial charge < -0.3 is 5.32 Å². The minimum absolute atomic E-state index is 0.0194. The van der Waals surface area contributed by atoms with Crippen molar-refractivity contribution in [2.75, 3.05) is 6.54 Å². The molecule has 0 unspecified atom stereocenters. The standard InChI is InChI=1S/C25H27N5O2/c1-19-8-5-6-12-21(19)17-29-18-27-24-22(25(29)32)16-28-30(24)15-14-26-23(31)13-7-11-20-9-3-2-4-10-20/h2-6,8-10,12,16,18H,7,11,13-15,17H2,1H3,(H,26,31). The second-order valence-corrected chi connectivity index (χ2v) is 7.90. The Balaban J connectivity index is 1.32. The van der Waals surface area contributed by atoms with Gasteiger partial charge in [-0.05, 0) is 36.5 Å². The molecule has 0 aliphatic rings. The molecule has 7 nitrogen and oxygen atoms in total. The highest BCUT2D eigenvalue weighted by molar-refractivity contribution is 5.76. The first-order valence-corrected chi connectivity index (χ1v) is 10.9. The van der Waals surface area contributed by atoms with Crippen LogP contribution in [0.25, 0.3) is 11.0 Å². The summed E-state index contributed by atoms with van der Waals surface area (Å²) >= 11 is 0. The van der Waals surface area contributed by atoms with Crippen LogP contribution in [0.5, 0.6) is 0 Å². The Hall–Kier alpha value is -3.74. The van der Waals surface area contributed by atoms with Gasteiger partial charge in [0.05, 0.1) is 19.3 Å². The number of amides is 1. The minimum atomic E-state index is -0.116. The molecule has 2 heterocycles. The summed E-state index contributed by atoms with van der Waals surface area (Å²) in [4.78, 5) is 29.4. The van der Waals surface area contributed by atoms with Crippen LogP contribution in [0.3, 0.4) is 0 Å². The molecule has 0 atom stereocenters. The van der Waals surface area contributed by atoms with Crippen molar-refractivity contribution in [3.8, 4) is 0 Å². The molecule has 0 saturated carbocycles. The van der Waals surface area contributed by atoms with E-state index in [0.717, 1.165) is 24.0 Å². The highest BCUT2D eigenvalue weighted by Gasteiger charge is 2.11. The van der Waals surface area contributed by atoms with E-state index in [2.05, 4.69) is 27.5 Å². The molecule has 2 aromatic carbocycles. The molecule has 0 aliphatic heterocycles. The maximum absolute atomic E-state index is 12.9. The second-order valence-electron chi connectivity index (χ2n) is 7.90. The van der Waals surface area contributed by atoms with Crippen molar-refractivity contribution in [2.45, 2.75) is 39.3 Å². The number of hydrogen-bond acceptors (Lipinski definition) is 4. The third-order valence-corrected chi connectivity index (χ3v) is 5.58. The van der Waals surface area contributed by atoms with Gasteiger partial charge in [-0.1, -0.05) is 54.6 Å². The summed E-state index contributed by atoms with van der Waals surface area (Å²) in [5.74, 6) is 0.0194. The molecule has 1 amide bonds. The van der Waals surface area contributed by atoms with E-state index in [4.69, 9.17) is 0 Å². The maximum Gasteiger partial charge on any atom is 0.264 e. The van der Waals surface area contributed by atoms with Crippen LogP contribution in [-0.2, 0) is 24.3 Å². The van der Waals surface area contributed by atoms with Gasteiger partial charge in [0.1, 0.15) is 11.7 Å². The molecule has 2 aromatic heterocycles.